The van der Waals surface area contributed by atoms with Crippen molar-refractivity contribution in [3.05, 3.63) is 0 Å². The zero-order valence-electron chi connectivity index (χ0n) is 9.57. The lowest BCUT2D eigenvalue weighted by atomic mass is 10.1. The molecule has 3 nitrogen and oxygen atoms in total. The maximum absolute atomic E-state index is 9.69. The fourth-order valence-electron chi connectivity index (χ4n) is 1.71. The third-order valence-electron chi connectivity index (χ3n) is 2.79. The van der Waals surface area contributed by atoms with Gasteiger partial charge in [0, 0.05) is 19.7 Å². The van der Waals surface area contributed by atoms with Gasteiger partial charge in [-0.1, -0.05) is 20.8 Å². The molecule has 0 aliphatic carbocycles. The molecule has 14 heavy (non-hydrogen) atoms. The van der Waals surface area contributed by atoms with E-state index in [0.717, 1.165) is 32.7 Å². The zero-order valence-corrected chi connectivity index (χ0v) is 9.57. The van der Waals surface area contributed by atoms with Crippen LogP contribution in [-0.4, -0.2) is 48.5 Å². The Balaban J connectivity index is 2.18. The zero-order chi connectivity index (χ0) is 10.6. The molecule has 0 saturated carbocycles. The summed E-state index contributed by atoms with van der Waals surface area (Å²) in [6, 6.07) is 0. The van der Waals surface area contributed by atoms with Crippen LogP contribution in [0.3, 0.4) is 0 Å². The molecule has 1 aliphatic heterocycles. The van der Waals surface area contributed by atoms with Crippen LogP contribution in [0.15, 0.2) is 0 Å². The Labute approximate surface area is 87.1 Å². The van der Waals surface area contributed by atoms with Crippen LogP contribution in [0.1, 0.15) is 27.2 Å². The first-order valence-electron chi connectivity index (χ1n) is 5.65. The van der Waals surface area contributed by atoms with Crippen LogP contribution in [0.4, 0.5) is 0 Å². The van der Waals surface area contributed by atoms with Crippen LogP contribution in [0.5, 0.6) is 0 Å². The number of rotatable bonds is 5. The van der Waals surface area contributed by atoms with Gasteiger partial charge in [-0.25, -0.2) is 0 Å². The number of nitrogens with zero attached hydrogens (tertiary/aromatic N) is 1. The van der Waals surface area contributed by atoms with Crippen molar-refractivity contribution in [3.63, 3.8) is 0 Å². The van der Waals surface area contributed by atoms with Crippen molar-refractivity contribution < 1.29 is 9.84 Å². The first kappa shape index (κ1) is 12.0. The molecule has 84 valence electrons. The lowest BCUT2D eigenvalue weighted by Gasteiger charge is -2.15. The molecule has 0 aromatic rings. The molecule has 2 atom stereocenters. The number of aliphatic hydroxyl groups excluding tert-OH is 1. The third-order valence-corrected chi connectivity index (χ3v) is 2.79. The monoisotopic (exact) mass is 201 g/mol. The SMILES string of the molecule is CCN1CC(O)C(OCCC(C)C)C1. The second kappa shape index (κ2) is 5.69. The molecule has 1 fully saturated rings. The van der Waals surface area contributed by atoms with Crippen molar-refractivity contribution in [2.45, 2.75) is 39.4 Å². The summed E-state index contributed by atoms with van der Waals surface area (Å²) < 4.78 is 5.67. The van der Waals surface area contributed by atoms with E-state index in [4.69, 9.17) is 4.74 Å². The van der Waals surface area contributed by atoms with Gasteiger partial charge in [0.05, 0.1) is 12.2 Å². The molecule has 1 aliphatic rings. The van der Waals surface area contributed by atoms with Gasteiger partial charge >= 0.3 is 0 Å². The molecule has 2 unspecified atom stereocenters. The minimum atomic E-state index is -0.290. The van der Waals surface area contributed by atoms with E-state index in [1.54, 1.807) is 0 Å². The van der Waals surface area contributed by atoms with Gasteiger partial charge < -0.3 is 9.84 Å². The second-order valence-electron chi connectivity index (χ2n) is 4.51. The molecule has 3 heteroatoms. The maximum Gasteiger partial charge on any atom is 0.0972 e. The molecular weight excluding hydrogens is 178 g/mol. The standard InChI is InChI=1S/C11H23NO2/c1-4-12-7-10(13)11(8-12)14-6-5-9(2)3/h9-11,13H,4-8H2,1-3H3. The van der Waals surface area contributed by atoms with Crippen LogP contribution >= 0.6 is 0 Å². The molecule has 0 bridgehead atoms. The van der Waals surface area contributed by atoms with Crippen LogP contribution in [0, 0.1) is 5.92 Å². The van der Waals surface area contributed by atoms with Gasteiger partial charge in [0.15, 0.2) is 0 Å². The molecule has 0 radical (unpaired) electrons. The third kappa shape index (κ3) is 3.56. The average molecular weight is 201 g/mol. The summed E-state index contributed by atoms with van der Waals surface area (Å²) in [5.74, 6) is 0.677. The second-order valence-corrected chi connectivity index (χ2v) is 4.51. The highest BCUT2D eigenvalue weighted by Crippen LogP contribution is 2.14. The molecule has 0 aromatic carbocycles. The molecule has 0 amide bonds. The Morgan fingerprint density at radius 3 is 2.64 bits per heavy atom. The maximum atomic E-state index is 9.69. The van der Waals surface area contributed by atoms with E-state index in [9.17, 15) is 5.11 Å². The van der Waals surface area contributed by atoms with E-state index >= 15 is 0 Å². The van der Waals surface area contributed by atoms with E-state index in [0.29, 0.717) is 5.92 Å². The normalized spacial score (nSPS) is 28.9. The van der Waals surface area contributed by atoms with Gasteiger partial charge in [0.1, 0.15) is 0 Å². The number of likely N-dealkylation sites (N-methyl/N-ethyl adjacent to an activating group) is 1. The largest absolute Gasteiger partial charge is 0.389 e. The lowest BCUT2D eigenvalue weighted by molar-refractivity contribution is -0.0120. The first-order valence-corrected chi connectivity index (χ1v) is 5.65. The van der Waals surface area contributed by atoms with E-state index in [2.05, 4.69) is 25.7 Å². The predicted octanol–water partition coefficient (Wildman–Crippen LogP) is 1.11. The van der Waals surface area contributed by atoms with Crippen LogP contribution in [-0.2, 0) is 4.74 Å². The quantitative estimate of drug-likeness (QED) is 0.723. The van der Waals surface area contributed by atoms with Gasteiger partial charge in [-0.15, -0.1) is 0 Å². The Bertz CT molecular complexity index is 161. The average Bonchev–Trinajstić information content (AvgIpc) is 2.47. The number of hydrogen-bond donors (Lipinski definition) is 1. The van der Waals surface area contributed by atoms with E-state index in [-0.39, 0.29) is 12.2 Å². The van der Waals surface area contributed by atoms with Crippen molar-refractivity contribution >= 4 is 0 Å². The molecule has 0 aromatic heterocycles. The number of ether oxygens (including phenoxy) is 1. The van der Waals surface area contributed by atoms with Crippen molar-refractivity contribution in [3.8, 4) is 0 Å². The number of aliphatic hydroxyl groups is 1. The Kier molecular flexibility index (Phi) is 4.85. The summed E-state index contributed by atoms with van der Waals surface area (Å²) >= 11 is 0. The van der Waals surface area contributed by atoms with Gasteiger partial charge in [-0.05, 0) is 18.9 Å². The summed E-state index contributed by atoms with van der Waals surface area (Å²) in [6.45, 7) is 9.92. The molecule has 1 N–H and O–H groups in total. The van der Waals surface area contributed by atoms with Crippen molar-refractivity contribution in [1.82, 2.24) is 4.90 Å². The van der Waals surface area contributed by atoms with E-state index in [1.807, 2.05) is 0 Å². The van der Waals surface area contributed by atoms with Gasteiger partial charge in [-0.3, -0.25) is 4.90 Å². The fraction of sp³-hybridized carbons (Fsp3) is 1.00. The van der Waals surface area contributed by atoms with E-state index < -0.39 is 0 Å². The highest BCUT2D eigenvalue weighted by molar-refractivity contribution is 4.83. The number of β-amino-alcohol motifs (C(OH)–C–C–N with tert-alkyl or cyclic N) is 1. The molecule has 0 spiro atoms. The first-order chi connectivity index (χ1) is 6.63. The minimum Gasteiger partial charge on any atom is -0.389 e. The van der Waals surface area contributed by atoms with E-state index in [1.165, 1.54) is 0 Å². The highest BCUT2D eigenvalue weighted by atomic mass is 16.5. The van der Waals surface area contributed by atoms with Crippen molar-refractivity contribution in [2.75, 3.05) is 26.2 Å². The van der Waals surface area contributed by atoms with Crippen molar-refractivity contribution in [2.24, 2.45) is 5.92 Å². The fourth-order valence-corrected chi connectivity index (χ4v) is 1.71. The van der Waals surface area contributed by atoms with Gasteiger partial charge in [-0.2, -0.15) is 0 Å². The summed E-state index contributed by atoms with van der Waals surface area (Å²) in [5.41, 5.74) is 0. The Hall–Kier alpha value is -0.120. The summed E-state index contributed by atoms with van der Waals surface area (Å²) in [5, 5.41) is 9.69. The van der Waals surface area contributed by atoms with Crippen LogP contribution < -0.4 is 0 Å². The topological polar surface area (TPSA) is 32.7 Å². The lowest BCUT2D eigenvalue weighted by Crippen LogP contribution is -2.27. The Morgan fingerprint density at radius 2 is 2.14 bits per heavy atom. The van der Waals surface area contributed by atoms with Crippen molar-refractivity contribution in [1.29, 1.82) is 0 Å². The number of likely N-dealkylation sites (tertiary alicyclic amines) is 1. The summed E-state index contributed by atoms with van der Waals surface area (Å²) in [4.78, 5) is 2.23. The van der Waals surface area contributed by atoms with Gasteiger partial charge in [0.25, 0.3) is 0 Å². The summed E-state index contributed by atoms with van der Waals surface area (Å²) in [6.07, 6.45) is 0.825. The molecule has 1 heterocycles. The van der Waals surface area contributed by atoms with Crippen LogP contribution in [0.25, 0.3) is 0 Å². The summed E-state index contributed by atoms with van der Waals surface area (Å²) in [7, 11) is 0. The van der Waals surface area contributed by atoms with Gasteiger partial charge in [0.2, 0.25) is 0 Å². The molecule has 1 saturated heterocycles. The molecule has 1 rings (SSSR count). The smallest absolute Gasteiger partial charge is 0.0972 e. The molecular formula is C11H23NO2. The predicted molar refractivity (Wildman–Crippen MR) is 57.3 cm³/mol. The Morgan fingerprint density at radius 1 is 1.43 bits per heavy atom. The highest BCUT2D eigenvalue weighted by Gasteiger charge is 2.30. The van der Waals surface area contributed by atoms with Crippen LogP contribution in [0.2, 0.25) is 0 Å². The number of hydrogen-bond acceptors (Lipinski definition) is 3. The minimum absolute atomic E-state index is 0.0358.